The lowest BCUT2D eigenvalue weighted by molar-refractivity contribution is 0.0782. The third-order valence-corrected chi connectivity index (χ3v) is 2.63. The zero-order valence-electron chi connectivity index (χ0n) is 9.73. The molecular formula is C10H16N4O3. The Kier molecular flexibility index (Phi) is 4.05. The Hall–Kier alpha value is -1.47. The molecular weight excluding hydrogens is 224 g/mol. The predicted molar refractivity (Wildman–Crippen MR) is 58.5 cm³/mol. The first-order chi connectivity index (χ1) is 8.31. The third kappa shape index (κ3) is 3.01. The Morgan fingerprint density at radius 3 is 2.88 bits per heavy atom. The van der Waals surface area contributed by atoms with Gasteiger partial charge in [0.25, 0.3) is 0 Å². The zero-order valence-corrected chi connectivity index (χ0v) is 9.73. The molecule has 1 aromatic heterocycles. The maximum Gasteiger partial charge on any atom is 0.309 e. The van der Waals surface area contributed by atoms with Crippen LogP contribution in [0.15, 0.2) is 4.42 Å². The van der Waals surface area contributed by atoms with Crippen molar-refractivity contribution in [2.45, 2.75) is 18.8 Å². The van der Waals surface area contributed by atoms with Crippen molar-refractivity contribution in [1.29, 1.82) is 0 Å². The summed E-state index contributed by atoms with van der Waals surface area (Å²) in [6, 6.07) is 0. The van der Waals surface area contributed by atoms with Gasteiger partial charge >= 0.3 is 11.8 Å². The maximum atomic E-state index is 11.5. The van der Waals surface area contributed by atoms with Gasteiger partial charge in [-0.25, -0.2) is 0 Å². The topological polar surface area (TPSA) is 89.3 Å². The van der Waals surface area contributed by atoms with E-state index in [0.717, 1.165) is 12.8 Å². The lowest BCUT2D eigenvalue weighted by atomic mass is 10.0. The molecule has 1 fully saturated rings. The van der Waals surface area contributed by atoms with Gasteiger partial charge in [-0.15, -0.1) is 10.2 Å². The lowest BCUT2D eigenvalue weighted by Crippen LogP contribution is -2.31. The number of rotatable bonds is 4. The second-order valence-electron chi connectivity index (χ2n) is 3.87. The summed E-state index contributed by atoms with van der Waals surface area (Å²) in [6.07, 6.45) is 1.72. The molecule has 0 radical (unpaired) electrons. The summed E-state index contributed by atoms with van der Waals surface area (Å²) in [5.41, 5.74) is 0. The number of nitrogens with one attached hydrogen (secondary N) is 2. The fourth-order valence-electron chi connectivity index (χ4n) is 1.68. The average molecular weight is 240 g/mol. The molecule has 1 aliphatic heterocycles. The van der Waals surface area contributed by atoms with Crippen LogP contribution in [0.2, 0.25) is 0 Å². The largest absolute Gasteiger partial charge is 0.417 e. The van der Waals surface area contributed by atoms with Gasteiger partial charge in [0, 0.05) is 19.1 Å². The fraction of sp³-hybridized carbons (Fsp3) is 0.700. The molecule has 7 heteroatoms. The van der Waals surface area contributed by atoms with Crippen molar-refractivity contribution in [1.82, 2.24) is 20.8 Å². The lowest BCUT2D eigenvalue weighted by Gasteiger charge is -2.18. The molecule has 1 saturated heterocycles. The molecule has 2 N–H and O–H groups in total. The summed E-state index contributed by atoms with van der Waals surface area (Å²) in [5, 5.41) is 13.1. The molecule has 0 aliphatic carbocycles. The van der Waals surface area contributed by atoms with E-state index in [0.29, 0.717) is 25.8 Å². The minimum Gasteiger partial charge on any atom is -0.417 e. The number of hydrogen-bond donors (Lipinski definition) is 2. The summed E-state index contributed by atoms with van der Waals surface area (Å²) in [4.78, 5) is 11.5. The summed E-state index contributed by atoms with van der Waals surface area (Å²) >= 11 is 0. The number of hydrogen-bond acceptors (Lipinski definition) is 6. The fourth-order valence-corrected chi connectivity index (χ4v) is 1.68. The van der Waals surface area contributed by atoms with Crippen LogP contribution in [-0.4, -0.2) is 43.0 Å². The average Bonchev–Trinajstić information content (AvgIpc) is 2.86. The molecule has 1 amide bonds. The Morgan fingerprint density at radius 1 is 1.41 bits per heavy atom. The summed E-state index contributed by atoms with van der Waals surface area (Å²) in [6.45, 7) is 1.77. The van der Waals surface area contributed by atoms with Crippen molar-refractivity contribution in [2.75, 3.05) is 26.9 Å². The van der Waals surface area contributed by atoms with E-state index in [9.17, 15) is 4.79 Å². The Morgan fingerprint density at radius 2 is 2.18 bits per heavy atom. The number of aromatic nitrogens is 2. The van der Waals surface area contributed by atoms with Crippen molar-refractivity contribution in [3.05, 3.63) is 11.8 Å². The third-order valence-electron chi connectivity index (χ3n) is 2.63. The van der Waals surface area contributed by atoms with E-state index in [-0.39, 0.29) is 17.7 Å². The second kappa shape index (κ2) is 5.74. The second-order valence-corrected chi connectivity index (χ2v) is 3.87. The molecule has 2 heterocycles. The number of nitrogens with zero attached hydrogens (tertiary/aromatic N) is 2. The van der Waals surface area contributed by atoms with Crippen molar-refractivity contribution in [2.24, 2.45) is 0 Å². The highest BCUT2D eigenvalue weighted by Crippen LogP contribution is 2.25. The van der Waals surface area contributed by atoms with Crippen LogP contribution in [0.4, 0.5) is 0 Å². The van der Waals surface area contributed by atoms with Crippen LogP contribution in [0, 0.1) is 0 Å². The normalized spacial score (nSPS) is 17.0. The number of carbonyl (C=O) groups excluding carboxylic acids is 1. The molecule has 0 atom stereocenters. The van der Waals surface area contributed by atoms with Crippen LogP contribution in [-0.2, 0) is 4.74 Å². The highest BCUT2D eigenvalue weighted by atomic mass is 16.5. The van der Waals surface area contributed by atoms with Crippen molar-refractivity contribution < 1.29 is 13.9 Å². The highest BCUT2D eigenvalue weighted by Gasteiger charge is 2.23. The van der Waals surface area contributed by atoms with Crippen LogP contribution >= 0.6 is 0 Å². The van der Waals surface area contributed by atoms with Crippen LogP contribution in [0.5, 0.6) is 0 Å². The van der Waals surface area contributed by atoms with E-state index in [1.165, 1.54) is 0 Å². The highest BCUT2D eigenvalue weighted by molar-refractivity contribution is 5.89. The van der Waals surface area contributed by atoms with E-state index < -0.39 is 0 Å². The molecule has 17 heavy (non-hydrogen) atoms. The molecule has 94 valence electrons. The number of ether oxygens (including phenoxy) is 1. The molecule has 1 aromatic rings. The standard InChI is InChI=1S/C10H16N4O3/c1-11-6-12-8(15)10-14-13-9(17-10)7-2-4-16-5-3-7/h7,11H,2-6H2,1H3,(H,12,15). The van der Waals surface area contributed by atoms with Crippen molar-refractivity contribution >= 4 is 5.91 Å². The van der Waals surface area contributed by atoms with Gasteiger partial charge in [-0.3, -0.25) is 4.79 Å². The molecule has 0 unspecified atom stereocenters. The van der Waals surface area contributed by atoms with Crippen LogP contribution in [0.25, 0.3) is 0 Å². The minimum atomic E-state index is -0.356. The SMILES string of the molecule is CNCNC(=O)c1nnc(C2CCOCC2)o1. The molecule has 0 bridgehead atoms. The first-order valence-corrected chi connectivity index (χ1v) is 5.65. The van der Waals surface area contributed by atoms with Crippen molar-refractivity contribution in [3.8, 4) is 0 Å². The molecule has 0 saturated carbocycles. The first-order valence-electron chi connectivity index (χ1n) is 5.65. The van der Waals surface area contributed by atoms with E-state index in [4.69, 9.17) is 9.15 Å². The van der Waals surface area contributed by atoms with Gasteiger partial charge in [0.1, 0.15) is 0 Å². The van der Waals surface area contributed by atoms with Crippen LogP contribution in [0.3, 0.4) is 0 Å². The van der Waals surface area contributed by atoms with Gasteiger partial charge in [0.15, 0.2) is 0 Å². The van der Waals surface area contributed by atoms with Gasteiger partial charge in [-0.1, -0.05) is 0 Å². The summed E-state index contributed by atoms with van der Waals surface area (Å²) in [5.74, 6) is 0.400. The minimum absolute atomic E-state index is 0.0155. The monoisotopic (exact) mass is 240 g/mol. The van der Waals surface area contributed by atoms with Gasteiger partial charge in [0.05, 0.1) is 6.67 Å². The van der Waals surface area contributed by atoms with Gasteiger partial charge in [0.2, 0.25) is 5.89 Å². The van der Waals surface area contributed by atoms with Crippen molar-refractivity contribution in [3.63, 3.8) is 0 Å². The maximum absolute atomic E-state index is 11.5. The van der Waals surface area contributed by atoms with Gasteiger partial charge in [-0.05, 0) is 19.9 Å². The van der Waals surface area contributed by atoms with Gasteiger partial charge in [-0.2, -0.15) is 0 Å². The van der Waals surface area contributed by atoms with E-state index in [1.54, 1.807) is 7.05 Å². The molecule has 2 rings (SSSR count). The molecule has 0 spiro atoms. The first kappa shape index (κ1) is 12.0. The van der Waals surface area contributed by atoms with Crippen LogP contribution in [0.1, 0.15) is 35.3 Å². The molecule has 0 aromatic carbocycles. The smallest absolute Gasteiger partial charge is 0.309 e. The molecule has 7 nitrogen and oxygen atoms in total. The number of carbonyl (C=O) groups is 1. The number of amides is 1. The zero-order chi connectivity index (χ0) is 12.1. The van der Waals surface area contributed by atoms with E-state index in [1.807, 2.05) is 0 Å². The Balaban J connectivity index is 1.97. The van der Waals surface area contributed by atoms with Crippen LogP contribution < -0.4 is 10.6 Å². The van der Waals surface area contributed by atoms with E-state index >= 15 is 0 Å². The predicted octanol–water partition coefficient (Wildman–Crippen LogP) is -0.130. The Labute approximate surface area is 98.9 Å². The quantitative estimate of drug-likeness (QED) is 0.713. The Bertz CT molecular complexity index is 373. The summed E-state index contributed by atoms with van der Waals surface area (Å²) < 4.78 is 10.6. The molecule has 1 aliphatic rings. The van der Waals surface area contributed by atoms with E-state index in [2.05, 4.69) is 20.8 Å². The summed E-state index contributed by atoms with van der Waals surface area (Å²) in [7, 11) is 1.74. The van der Waals surface area contributed by atoms with Gasteiger partial charge < -0.3 is 19.8 Å².